The van der Waals surface area contributed by atoms with E-state index in [0.717, 1.165) is 44.4 Å². The fourth-order valence-electron chi connectivity index (χ4n) is 2.65. The van der Waals surface area contributed by atoms with Gasteiger partial charge in [0, 0.05) is 38.3 Å². The van der Waals surface area contributed by atoms with Crippen LogP contribution in [-0.4, -0.2) is 36.1 Å². The van der Waals surface area contributed by atoms with E-state index >= 15 is 0 Å². The Morgan fingerprint density at radius 1 is 1.53 bits per heavy atom. The number of aromatic nitrogens is 2. The van der Waals surface area contributed by atoms with Gasteiger partial charge in [0.25, 0.3) is 0 Å². The summed E-state index contributed by atoms with van der Waals surface area (Å²) in [4.78, 5) is 11.2. The molecule has 1 unspecified atom stereocenters. The molecule has 0 radical (unpaired) electrons. The molecule has 0 spiro atoms. The number of rotatable bonds is 5. The summed E-state index contributed by atoms with van der Waals surface area (Å²) in [6.45, 7) is 6.24. The SMILES string of the molecule is CCCCNc1nccc(N2CC3=CNCC3C2)n1. The summed E-state index contributed by atoms with van der Waals surface area (Å²) in [7, 11) is 0. The van der Waals surface area contributed by atoms with Gasteiger partial charge in [0.1, 0.15) is 5.82 Å². The lowest BCUT2D eigenvalue weighted by Crippen LogP contribution is -2.24. The normalized spacial score (nSPS) is 21.0. The van der Waals surface area contributed by atoms with Gasteiger partial charge in [-0.2, -0.15) is 4.98 Å². The van der Waals surface area contributed by atoms with Crippen LogP contribution in [0.1, 0.15) is 19.8 Å². The molecule has 1 aromatic heterocycles. The first-order valence-electron chi connectivity index (χ1n) is 7.11. The van der Waals surface area contributed by atoms with Crippen LogP contribution in [0.3, 0.4) is 0 Å². The molecule has 1 saturated heterocycles. The van der Waals surface area contributed by atoms with Crippen molar-refractivity contribution in [2.75, 3.05) is 36.4 Å². The molecule has 19 heavy (non-hydrogen) atoms. The van der Waals surface area contributed by atoms with Gasteiger partial charge in [-0.3, -0.25) is 0 Å². The largest absolute Gasteiger partial charge is 0.390 e. The summed E-state index contributed by atoms with van der Waals surface area (Å²) < 4.78 is 0. The van der Waals surface area contributed by atoms with Crippen LogP contribution in [0.4, 0.5) is 11.8 Å². The van der Waals surface area contributed by atoms with Crippen LogP contribution >= 0.6 is 0 Å². The third kappa shape index (κ3) is 2.64. The molecule has 0 aliphatic carbocycles. The van der Waals surface area contributed by atoms with Crippen molar-refractivity contribution in [3.8, 4) is 0 Å². The molecule has 0 saturated carbocycles. The van der Waals surface area contributed by atoms with Gasteiger partial charge < -0.3 is 15.5 Å². The molecule has 1 atom stereocenters. The maximum atomic E-state index is 4.61. The average Bonchev–Trinajstić information content (AvgIpc) is 3.00. The summed E-state index contributed by atoms with van der Waals surface area (Å²) in [6.07, 6.45) is 6.34. The van der Waals surface area contributed by atoms with E-state index in [1.165, 1.54) is 12.0 Å². The topological polar surface area (TPSA) is 53.1 Å². The fraction of sp³-hybridized carbons (Fsp3) is 0.571. The number of fused-ring (bicyclic) bond motifs is 1. The molecule has 0 bridgehead atoms. The third-order valence-corrected chi connectivity index (χ3v) is 3.77. The lowest BCUT2D eigenvalue weighted by Gasteiger charge is -2.18. The van der Waals surface area contributed by atoms with E-state index in [1.54, 1.807) is 0 Å². The van der Waals surface area contributed by atoms with Crippen molar-refractivity contribution in [2.45, 2.75) is 19.8 Å². The molecule has 3 rings (SSSR count). The number of unbranched alkanes of at least 4 members (excludes halogenated alkanes) is 1. The smallest absolute Gasteiger partial charge is 0.224 e. The zero-order valence-corrected chi connectivity index (χ0v) is 11.4. The van der Waals surface area contributed by atoms with Gasteiger partial charge in [-0.15, -0.1) is 0 Å². The van der Waals surface area contributed by atoms with Gasteiger partial charge in [-0.1, -0.05) is 13.3 Å². The second kappa shape index (κ2) is 5.47. The minimum absolute atomic E-state index is 0.659. The number of hydrogen-bond donors (Lipinski definition) is 2. The Hall–Kier alpha value is -1.78. The Morgan fingerprint density at radius 3 is 3.32 bits per heavy atom. The summed E-state index contributed by atoms with van der Waals surface area (Å²) in [6, 6.07) is 2.00. The lowest BCUT2D eigenvalue weighted by atomic mass is 10.1. The van der Waals surface area contributed by atoms with Crippen molar-refractivity contribution < 1.29 is 0 Å². The van der Waals surface area contributed by atoms with Crippen molar-refractivity contribution in [2.24, 2.45) is 5.92 Å². The first-order valence-corrected chi connectivity index (χ1v) is 7.11. The van der Waals surface area contributed by atoms with Gasteiger partial charge in [-0.25, -0.2) is 4.98 Å². The highest BCUT2D eigenvalue weighted by Crippen LogP contribution is 2.28. The molecule has 5 nitrogen and oxygen atoms in total. The third-order valence-electron chi connectivity index (χ3n) is 3.77. The second-order valence-corrected chi connectivity index (χ2v) is 5.22. The van der Waals surface area contributed by atoms with E-state index in [9.17, 15) is 0 Å². The summed E-state index contributed by atoms with van der Waals surface area (Å²) in [5.41, 5.74) is 1.50. The summed E-state index contributed by atoms with van der Waals surface area (Å²) in [5, 5.41) is 6.59. The molecule has 102 valence electrons. The van der Waals surface area contributed by atoms with Crippen LogP contribution in [-0.2, 0) is 0 Å². The predicted molar refractivity (Wildman–Crippen MR) is 77.2 cm³/mol. The molecule has 1 fully saturated rings. The average molecular weight is 259 g/mol. The minimum atomic E-state index is 0.659. The van der Waals surface area contributed by atoms with Crippen LogP contribution in [0.15, 0.2) is 24.0 Å². The lowest BCUT2D eigenvalue weighted by molar-refractivity contribution is 0.676. The van der Waals surface area contributed by atoms with E-state index in [2.05, 4.69) is 38.6 Å². The van der Waals surface area contributed by atoms with E-state index in [4.69, 9.17) is 0 Å². The Kier molecular flexibility index (Phi) is 3.53. The van der Waals surface area contributed by atoms with Crippen molar-refractivity contribution in [1.82, 2.24) is 15.3 Å². The van der Waals surface area contributed by atoms with Crippen molar-refractivity contribution >= 4 is 11.8 Å². The molecule has 2 aliphatic heterocycles. The number of nitrogens with one attached hydrogen (secondary N) is 2. The van der Waals surface area contributed by atoms with Crippen molar-refractivity contribution in [3.05, 3.63) is 24.0 Å². The van der Waals surface area contributed by atoms with Crippen LogP contribution in [0.25, 0.3) is 0 Å². The van der Waals surface area contributed by atoms with Crippen LogP contribution in [0, 0.1) is 5.92 Å². The monoisotopic (exact) mass is 259 g/mol. The maximum Gasteiger partial charge on any atom is 0.224 e. The molecule has 0 aromatic carbocycles. The van der Waals surface area contributed by atoms with Gasteiger partial charge in [-0.05, 0) is 24.3 Å². The molecular weight excluding hydrogens is 238 g/mol. The Bertz CT molecular complexity index is 471. The second-order valence-electron chi connectivity index (χ2n) is 5.22. The summed E-state index contributed by atoms with van der Waals surface area (Å²) >= 11 is 0. The molecular formula is C14H21N5. The highest BCUT2D eigenvalue weighted by molar-refractivity contribution is 5.47. The highest BCUT2D eigenvalue weighted by atomic mass is 15.2. The first kappa shape index (κ1) is 12.3. The molecule has 0 amide bonds. The van der Waals surface area contributed by atoms with Crippen LogP contribution in [0.2, 0.25) is 0 Å². The van der Waals surface area contributed by atoms with Gasteiger partial charge in [0.15, 0.2) is 0 Å². The minimum Gasteiger partial charge on any atom is -0.390 e. The van der Waals surface area contributed by atoms with E-state index in [-0.39, 0.29) is 0 Å². The van der Waals surface area contributed by atoms with Crippen LogP contribution < -0.4 is 15.5 Å². The zero-order chi connectivity index (χ0) is 13.1. The number of anilines is 2. The number of nitrogens with zero attached hydrogens (tertiary/aromatic N) is 3. The first-order chi connectivity index (χ1) is 9.36. The Morgan fingerprint density at radius 2 is 2.47 bits per heavy atom. The Balaban J connectivity index is 1.66. The van der Waals surface area contributed by atoms with Gasteiger partial charge in [0.2, 0.25) is 5.95 Å². The molecule has 2 aliphatic rings. The van der Waals surface area contributed by atoms with Crippen molar-refractivity contribution in [1.29, 1.82) is 0 Å². The Labute approximate surface area is 114 Å². The van der Waals surface area contributed by atoms with E-state index in [0.29, 0.717) is 5.92 Å². The molecule has 3 heterocycles. The highest BCUT2D eigenvalue weighted by Gasteiger charge is 2.30. The molecule has 5 heteroatoms. The number of hydrogen-bond acceptors (Lipinski definition) is 5. The van der Waals surface area contributed by atoms with Gasteiger partial charge in [0.05, 0.1) is 0 Å². The van der Waals surface area contributed by atoms with E-state index < -0.39 is 0 Å². The molecule has 1 aromatic rings. The van der Waals surface area contributed by atoms with E-state index in [1.807, 2.05) is 12.3 Å². The van der Waals surface area contributed by atoms with Gasteiger partial charge >= 0.3 is 0 Å². The quantitative estimate of drug-likeness (QED) is 0.787. The molecule has 2 N–H and O–H groups in total. The maximum absolute atomic E-state index is 4.61. The van der Waals surface area contributed by atoms with Crippen LogP contribution in [0.5, 0.6) is 0 Å². The fourth-order valence-corrected chi connectivity index (χ4v) is 2.65. The van der Waals surface area contributed by atoms with Crippen molar-refractivity contribution in [3.63, 3.8) is 0 Å². The zero-order valence-electron chi connectivity index (χ0n) is 11.4. The predicted octanol–water partition coefficient (Wildman–Crippen LogP) is 1.61. The standard InChI is InChI=1S/C14H21N5/c1-2-3-5-16-14-17-6-4-13(18-14)19-9-11-7-15-8-12(11)10-19/h4,6-7,12,15H,2-3,5,8-10H2,1H3,(H,16,17,18). The summed E-state index contributed by atoms with van der Waals surface area (Å²) in [5.74, 6) is 2.44.